The van der Waals surface area contributed by atoms with Crippen molar-refractivity contribution in [3.63, 3.8) is 0 Å². The van der Waals surface area contributed by atoms with E-state index in [0.29, 0.717) is 0 Å². The van der Waals surface area contributed by atoms with Crippen molar-refractivity contribution in [1.82, 2.24) is 0 Å². The highest BCUT2D eigenvalue weighted by Gasteiger charge is 2.34. The molecule has 0 saturated heterocycles. The Hall–Kier alpha value is -1.73. The Balaban J connectivity index is 2.07. The molecule has 2 aromatic carbocycles. The number of rotatable bonds is 7. The molecule has 0 amide bonds. The van der Waals surface area contributed by atoms with Gasteiger partial charge in [-0.05, 0) is 48.9 Å². The fraction of sp³-hybridized carbons (Fsp3) is 0.364. The molecule has 1 aliphatic rings. The van der Waals surface area contributed by atoms with Crippen molar-refractivity contribution in [2.75, 3.05) is 20.4 Å². The fourth-order valence-electron chi connectivity index (χ4n) is 3.79. The average Bonchev–Trinajstić information content (AvgIpc) is 3.13. The summed E-state index contributed by atoms with van der Waals surface area (Å²) in [4.78, 5) is 0. The smallest absolute Gasteiger partial charge is 0.156 e. The van der Waals surface area contributed by atoms with Crippen LogP contribution in [0.2, 0.25) is 0 Å². The lowest BCUT2D eigenvalue weighted by Crippen LogP contribution is -2.29. The monoisotopic (exact) mass is 365 g/mol. The Kier molecular flexibility index (Phi) is 5.78. The van der Waals surface area contributed by atoms with Crippen molar-refractivity contribution >= 4 is 25.3 Å². The summed E-state index contributed by atoms with van der Waals surface area (Å²) < 4.78 is 11.4. The molecule has 135 valence electrons. The van der Waals surface area contributed by atoms with Crippen LogP contribution in [0.25, 0.3) is 0 Å². The number of hydrogen-bond donors (Lipinski definition) is 0. The van der Waals surface area contributed by atoms with Crippen LogP contribution in [0, 0.1) is 5.41 Å². The van der Waals surface area contributed by atoms with Gasteiger partial charge >= 0.3 is 0 Å². The standard InChI is InChI=1S/C22H27BO2P/c1-22(14-8-9-15-22)16-17-26(23,20-12-6-4-10-18(20)24-2)21-13-7-5-11-19(21)25-3/h4-8,10-14H,9,15-17H2,1-3H3/t22-/m0/s1. The highest BCUT2D eigenvalue weighted by atomic mass is 31.2. The maximum Gasteiger partial charge on any atom is 0.156 e. The van der Waals surface area contributed by atoms with E-state index in [4.69, 9.17) is 17.0 Å². The molecule has 0 fully saturated rings. The minimum absolute atomic E-state index is 0.231. The minimum Gasteiger partial charge on any atom is -0.493 e. The SMILES string of the molecule is [B-][P+](CC[C@@]1(C)C=CCC1)(c1ccccc1OC)c1ccccc1OC. The first kappa shape index (κ1) is 19.0. The quantitative estimate of drug-likeness (QED) is 0.409. The van der Waals surface area contributed by atoms with Crippen molar-refractivity contribution in [3.8, 4) is 11.5 Å². The Morgan fingerprint density at radius 3 is 1.96 bits per heavy atom. The molecule has 0 spiro atoms. The molecule has 4 heteroatoms. The zero-order valence-corrected chi connectivity index (χ0v) is 16.8. The van der Waals surface area contributed by atoms with Crippen LogP contribution in [0.1, 0.15) is 26.2 Å². The van der Waals surface area contributed by atoms with E-state index >= 15 is 0 Å². The van der Waals surface area contributed by atoms with E-state index in [1.54, 1.807) is 14.2 Å². The fourth-order valence-corrected chi connectivity index (χ4v) is 7.22. The first-order valence-corrected chi connectivity index (χ1v) is 11.2. The Labute approximate surface area is 159 Å². The van der Waals surface area contributed by atoms with Crippen molar-refractivity contribution in [2.45, 2.75) is 26.2 Å². The zero-order chi connectivity index (χ0) is 18.6. The Bertz CT molecular complexity index is 742. The van der Waals surface area contributed by atoms with Gasteiger partial charge in [0.2, 0.25) is 0 Å². The second kappa shape index (κ2) is 7.88. The summed E-state index contributed by atoms with van der Waals surface area (Å²) in [5.74, 6) is 1.72. The van der Waals surface area contributed by atoms with Gasteiger partial charge in [-0.1, -0.05) is 43.3 Å². The van der Waals surface area contributed by atoms with Crippen LogP contribution >= 0.6 is 7.14 Å². The van der Waals surface area contributed by atoms with Crippen LogP contribution < -0.4 is 20.1 Å². The molecule has 3 rings (SSSR count). The van der Waals surface area contributed by atoms with Gasteiger partial charge in [-0.15, -0.1) is 0 Å². The summed E-state index contributed by atoms with van der Waals surface area (Å²) in [5, 5.41) is 2.22. The van der Waals surface area contributed by atoms with E-state index in [0.717, 1.165) is 41.1 Å². The van der Waals surface area contributed by atoms with Gasteiger partial charge in [0.05, 0.1) is 24.8 Å². The molecule has 3 radical (unpaired) electrons. The third-order valence-electron chi connectivity index (χ3n) is 5.47. The Morgan fingerprint density at radius 1 is 0.962 bits per heavy atom. The minimum atomic E-state index is -2.16. The topological polar surface area (TPSA) is 18.5 Å². The number of methoxy groups -OCH3 is 2. The zero-order valence-electron chi connectivity index (χ0n) is 15.9. The highest BCUT2D eigenvalue weighted by Crippen LogP contribution is 2.57. The summed E-state index contributed by atoms with van der Waals surface area (Å²) in [5.41, 5.74) is 0.231. The number of benzene rings is 2. The second-order valence-corrected chi connectivity index (χ2v) is 10.4. The van der Waals surface area contributed by atoms with Crippen molar-refractivity contribution in [3.05, 3.63) is 60.7 Å². The molecule has 0 aromatic heterocycles. The molecule has 0 unspecified atom stereocenters. The van der Waals surface area contributed by atoms with Crippen molar-refractivity contribution in [2.24, 2.45) is 5.41 Å². The van der Waals surface area contributed by atoms with E-state index in [2.05, 4.69) is 31.2 Å². The number of allylic oxidation sites excluding steroid dienone is 2. The first-order valence-electron chi connectivity index (χ1n) is 9.14. The third kappa shape index (κ3) is 3.69. The van der Waals surface area contributed by atoms with E-state index in [9.17, 15) is 0 Å². The lowest BCUT2D eigenvalue weighted by molar-refractivity contribution is 0.405. The van der Waals surface area contributed by atoms with Crippen LogP contribution in [0.15, 0.2) is 60.7 Å². The molecule has 1 aliphatic carbocycles. The summed E-state index contributed by atoms with van der Waals surface area (Å²) in [6.07, 6.45) is 9.00. The van der Waals surface area contributed by atoms with E-state index < -0.39 is 7.14 Å². The Morgan fingerprint density at radius 2 is 1.50 bits per heavy atom. The number of hydrogen-bond acceptors (Lipinski definition) is 2. The molecule has 2 nitrogen and oxygen atoms in total. The number of ether oxygens (including phenoxy) is 2. The van der Waals surface area contributed by atoms with Crippen LogP contribution in [-0.4, -0.2) is 27.9 Å². The van der Waals surface area contributed by atoms with Crippen LogP contribution in [0.4, 0.5) is 0 Å². The molecule has 0 bridgehead atoms. The summed E-state index contributed by atoms with van der Waals surface area (Å²) >= 11 is 0. The molecule has 0 heterocycles. The lowest BCUT2D eigenvalue weighted by atomic mass is 9.87. The predicted molar refractivity (Wildman–Crippen MR) is 114 cm³/mol. The summed E-state index contributed by atoms with van der Waals surface area (Å²) in [6.45, 7) is 2.34. The van der Waals surface area contributed by atoms with E-state index in [1.807, 2.05) is 36.4 Å². The molecule has 0 aliphatic heterocycles. The van der Waals surface area contributed by atoms with Crippen molar-refractivity contribution < 1.29 is 9.47 Å². The van der Waals surface area contributed by atoms with Gasteiger partial charge in [0.25, 0.3) is 0 Å². The van der Waals surface area contributed by atoms with Gasteiger partial charge in [0.15, 0.2) is 11.5 Å². The summed E-state index contributed by atoms with van der Waals surface area (Å²) in [7, 11) is 8.53. The third-order valence-corrected chi connectivity index (χ3v) is 8.86. The van der Waals surface area contributed by atoms with Gasteiger partial charge in [-0.25, -0.2) is 0 Å². The molecule has 2 aromatic rings. The largest absolute Gasteiger partial charge is 0.493 e. The van der Waals surface area contributed by atoms with Crippen molar-refractivity contribution in [1.29, 1.82) is 0 Å². The van der Waals surface area contributed by atoms with Crippen LogP contribution in [0.5, 0.6) is 11.5 Å². The van der Waals surface area contributed by atoms with Gasteiger partial charge in [-0.3, -0.25) is 7.57 Å². The molecule has 0 saturated carbocycles. The molecular formula is C22H27BO2P. The van der Waals surface area contributed by atoms with Gasteiger partial charge in [0, 0.05) is 6.16 Å². The second-order valence-electron chi connectivity index (χ2n) is 7.28. The lowest BCUT2D eigenvalue weighted by Gasteiger charge is -2.40. The van der Waals surface area contributed by atoms with Crippen LogP contribution in [-0.2, 0) is 0 Å². The molecular weight excluding hydrogens is 338 g/mol. The highest BCUT2D eigenvalue weighted by molar-refractivity contribution is 8.08. The molecule has 26 heavy (non-hydrogen) atoms. The average molecular weight is 365 g/mol. The maximum absolute atomic E-state index is 7.26. The van der Waals surface area contributed by atoms with Gasteiger partial charge < -0.3 is 9.47 Å². The first-order chi connectivity index (χ1) is 12.5. The maximum atomic E-state index is 7.26. The van der Waals surface area contributed by atoms with Crippen LogP contribution in [0.3, 0.4) is 0 Å². The summed E-state index contributed by atoms with van der Waals surface area (Å²) in [6, 6.07) is 16.3. The van der Waals surface area contributed by atoms with E-state index in [-0.39, 0.29) is 5.41 Å². The van der Waals surface area contributed by atoms with E-state index in [1.165, 1.54) is 6.42 Å². The number of para-hydroxylation sites is 2. The molecule has 1 atom stereocenters. The predicted octanol–water partition coefficient (Wildman–Crippen LogP) is 4.50. The van der Waals surface area contributed by atoms with Gasteiger partial charge in [0.1, 0.15) is 0 Å². The molecule has 0 N–H and O–H groups in total. The van der Waals surface area contributed by atoms with Gasteiger partial charge in [-0.2, -0.15) is 7.14 Å². The normalized spacial score (nSPS) is 19.5.